The average molecular weight is 479 g/mol. The third kappa shape index (κ3) is 5.35. The van der Waals surface area contributed by atoms with Crippen LogP contribution in [0.25, 0.3) is 0 Å². The van der Waals surface area contributed by atoms with Gasteiger partial charge in [-0.15, -0.1) is 0 Å². The molecule has 0 unspecified atom stereocenters. The fourth-order valence-corrected chi connectivity index (χ4v) is 5.55. The Morgan fingerprint density at radius 2 is 1.56 bits per heavy atom. The number of hydrogen-bond acceptors (Lipinski definition) is 5. The summed E-state index contributed by atoms with van der Waals surface area (Å²) >= 11 is 0. The number of sulfonamides is 1. The maximum Gasteiger partial charge on any atom is 0.255 e. The first-order valence-electron chi connectivity index (χ1n) is 11.1. The molecule has 0 aromatic heterocycles. The zero-order valence-corrected chi connectivity index (χ0v) is 19.6. The molecule has 34 heavy (non-hydrogen) atoms. The first kappa shape index (κ1) is 23.7. The zero-order chi connectivity index (χ0) is 24.1. The van der Waals surface area contributed by atoms with Crippen LogP contribution in [0.1, 0.15) is 52.0 Å². The van der Waals surface area contributed by atoms with E-state index in [9.17, 15) is 18.0 Å². The van der Waals surface area contributed by atoms with E-state index in [0.29, 0.717) is 16.8 Å². The Hall–Kier alpha value is -3.49. The maximum atomic E-state index is 13.0. The molecule has 176 valence electrons. The van der Waals surface area contributed by atoms with Crippen LogP contribution in [-0.4, -0.2) is 33.3 Å². The van der Waals surface area contributed by atoms with E-state index in [1.165, 1.54) is 25.3 Å². The summed E-state index contributed by atoms with van der Waals surface area (Å²) in [6, 6.07) is 19.7. The lowest BCUT2D eigenvalue weighted by molar-refractivity contribution is 0.102. The van der Waals surface area contributed by atoms with Crippen LogP contribution in [0.5, 0.6) is 5.75 Å². The van der Waals surface area contributed by atoms with E-state index in [4.69, 9.17) is 4.74 Å². The van der Waals surface area contributed by atoms with Gasteiger partial charge in [0, 0.05) is 28.4 Å². The number of rotatable bonds is 8. The number of ketones is 1. The topological polar surface area (TPSA) is 102 Å². The second-order valence-corrected chi connectivity index (χ2v) is 9.88. The maximum absolute atomic E-state index is 13.0. The highest BCUT2D eigenvalue weighted by molar-refractivity contribution is 7.89. The summed E-state index contributed by atoms with van der Waals surface area (Å²) in [5.74, 6) is -0.491. The van der Waals surface area contributed by atoms with Crippen LogP contribution in [0.3, 0.4) is 0 Å². The number of nitrogens with one attached hydrogen (secondary N) is 2. The van der Waals surface area contributed by atoms with Crippen LogP contribution in [0, 0.1) is 0 Å². The largest absolute Gasteiger partial charge is 0.495 e. The number of methoxy groups -OCH3 is 1. The molecule has 4 rings (SSSR count). The molecule has 1 fully saturated rings. The van der Waals surface area contributed by atoms with Crippen molar-refractivity contribution in [3.05, 3.63) is 89.5 Å². The minimum atomic E-state index is -3.86. The Morgan fingerprint density at radius 1 is 0.853 bits per heavy atom. The molecular formula is C26H26N2O5S. The van der Waals surface area contributed by atoms with Crippen LogP contribution < -0.4 is 14.8 Å². The van der Waals surface area contributed by atoms with Crippen LogP contribution in [0.2, 0.25) is 0 Å². The molecule has 7 nitrogen and oxygen atoms in total. The van der Waals surface area contributed by atoms with Crippen molar-refractivity contribution >= 4 is 27.4 Å². The van der Waals surface area contributed by atoms with Crippen molar-refractivity contribution in [2.75, 3.05) is 12.4 Å². The SMILES string of the molecule is COc1ccc(C(=O)Nc2cccc(C(=O)c3ccccc3)c2)cc1S(=O)(=O)NC1CCCC1. The van der Waals surface area contributed by atoms with Gasteiger partial charge < -0.3 is 10.1 Å². The molecule has 0 radical (unpaired) electrons. The molecule has 3 aromatic carbocycles. The van der Waals surface area contributed by atoms with E-state index in [2.05, 4.69) is 10.0 Å². The number of anilines is 1. The van der Waals surface area contributed by atoms with Gasteiger partial charge in [-0.05, 0) is 43.2 Å². The standard InChI is InChI=1S/C26H26N2O5S/c1-33-23-15-14-20(17-24(23)34(31,32)28-21-11-5-6-12-21)26(30)27-22-13-7-10-19(16-22)25(29)18-8-3-2-4-9-18/h2-4,7-10,13-17,21,28H,5-6,11-12H2,1H3,(H,27,30). The number of ether oxygens (including phenoxy) is 1. The van der Waals surface area contributed by atoms with Crippen molar-refractivity contribution < 1.29 is 22.7 Å². The first-order chi connectivity index (χ1) is 16.4. The summed E-state index contributed by atoms with van der Waals surface area (Å²) in [6.07, 6.45) is 3.55. The minimum Gasteiger partial charge on any atom is -0.495 e. The number of hydrogen-bond donors (Lipinski definition) is 2. The van der Waals surface area contributed by atoms with Gasteiger partial charge in [0.25, 0.3) is 5.91 Å². The van der Waals surface area contributed by atoms with Crippen LogP contribution in [0.4, 0.5) is 5.69 Å². The van der Waals surface area contributed by atoms with E-state index in [1.54, 1.807) is 48.5 Å². The van der Waals surface area contributed by atoms with Crippen LogP contribution in [0.15, 0.2) is 77.7 Å². The summed E-state index contributed by atoms with van der Waals surface area (Å²) in [6.45, 7) is 0. The van der Waals surface area contributed by atoms with Crippen molar-refractivity contribution in [2.24, 2.45) is 0 Å². The molecule has 0 aliphatic heterocycles. The first-order valence-corrected chi connectivity index (χ1v) is 12.6. The summed E-state index contributed by atoms with van der Waals surface area (Å²) in [7, 11) is -2.48. The van der Waals surface area contributed by atoms with Crippen molar-refractivity contribution in [3.63, 3.8) is 0 Å². The summed E-state index contributed by atoms with van der Waals surface area (Å²) in [5.41, 5.74) is 1.57. The molecule has 1 amide bonds. The van der Waals surface area contributed by atoms with E-state index >= 15 is 0 Å². The number of amides is 1. The molecule has 0 atom stereocenters. The van der Waals surface area contributed by atoms with Crippen LogP contribution >= 0.6 is 0 Å². The van der Waals surface area contributed by atoms with Crippen molar-refractivity contribution in [1.29, 1.82) is 0 Å². The highest BCUT2D eigenvalue weighted by Crippen LogP contribution is 2.28. The van der Waals surface area contributed by atoms with Gasteiger partial charge >= 0.3 is 0 Å². The van der Waals surface area contributed by atoms with Gasteiger partial charge in [-0.25, -0.2) is 13.1 Å². The predicted octanol–water partition coefficient (Wildman–Crippen LogP) is 4.40. The van der Waals surface area contributed by atoms with E-state index in [1.807, 2.05) is 6.07 Å². The van der Waals surface area contributed by atoms with Crippen molar-refractivity contribution in [3.8, 4) is 5.75 Å². The van der Waals surface area contributed by atoms with Crippen LogP contribution in [-0.2, 0) is 10.0 Å². The lowest BCUT2D eigenvalue weighted by Crippen LogP contribution is -2.33. The summed E-state index contributed by atoms with van der Waals surface area (Å²) in [5, 5.41) is 2.75. The highest BCUT2D eigenvalue weighted by Gasteiger charge is 2.26. The zero-order valence-electron chi connectivity index (χ0n) is 18.8. The molecule has 0 heterocycles. The quantitative estimate of drug-likeness (QED) is 0.467. The average Bonchev–Trinajstić information content (AvgIpc) is 3.36. The molecular weight excluding hydrogens is 452 g/mol. The van der Waals surface area contributed by atoms with Gasteiger partial charge in [-0.1, -0.05) is 55.3 Å². The fraction of sp³-hybridized carbons (Fsp3) is 0.231. The number of carbonyl (C=O) groups is 2. The Balaban J connectivity index is 1.56. The van der Waals surface area contributed by atoms with Gasteiger partial charge in [0.05, 0.1) is 7.11 Å². The Labute approximate surface area is 199 Å². The number of carbonyl (C=O) groups excluding carboxylic acids is 2. The number of benzene rings is 3. The minimum absolute atomic E-state index is 0.0810. The molecule has 8 heteroatoms. The van der Waals surface area contributed by atoms with E-state index in [-0.39, 0.29) is 28.0 Å². The second kappa shape index (κ2) is 10.2. The molecule has 1 aliphatic carbocycles. The third-order valence-corrected chi connectivity index (χ3v) is 7.35. The lowest BCUT2D eigenvalue weighted by Gasteiger charge is -2.16. The Bertz CT molecular complexity index is 1300. The fourth-order valence-electron chi connectivity index (χ4n) is 4.05. The highest BCUT2D eigenvalue weighted by atomic mass is 32.2. The van der Waals surface area contributed by atoms with E-state index < -0.39 is 15.9 Å². The van der Waals surface area contributed by atoms with Gasteiger partial charge in [0.2, 0.25) is 10.0 Å². The molecule has 3 aromatic rings. The predicted molar refractivity (Wildman–Crippen MR) is 130 cm³/mol. The Kier molecular flexibility index (Phi) is 7.09. The van der Waals surface area contributed by atoms with Crippen molar-refractivity contribution in [1.82, 2.24) is 4.72 Å². The van der Waals surface area contributed by atoms with Gasteiger partial charge in [0.15, 0.2) is 5.78 Å². The van der Waals surface area contributed by atoms with Gasteiger partial charge in [0.1, 0.15) is 10.6 Å². The Morgan fingerprint density at radius 3 is 2.26 bits per heavy atom. The molecule has 0 spiro atoms. The molecule has 2 N–H and O–H groups in total. The smallest absolute Gasteiger partial charge is 0.255 e. The summed E-state index contributed by atoms with van der Waals surface area (Å²) in [4.78, 5) is 25.6. The third-order valence-electron chi connectivity index (χ3n) is 5.81. The van der Waals surface area contributed by atoms with Gasteiger partial charge in [-0.2, -0.15) is 0 Å². The van der Waals surface area contributed by atoms with E-state index in [0.717, 1.165) is 25.7 Å². The normalized spacial score (nSPS) is 14.0. The lowest BCUT2D eigenvalue weighted by atomic mass is 10.0. The second-order valence-electron chi connectivity index (χ2n) is 8.20. The monoisotopic (exact) mass is 478 g/mol. The molecule has 0 saturated heterocycles. The molecule has 0 bridgehead atoms. The van der Waals surface area contributed by atoms with Gasteiger partial charge in [-0.3, -0.25) is 9.59 Å². The molecule has 1 aliphatic rings. The molecule has 1 saturated carbocycles. The summed E-state index contributed by atoms with van der Waals surface area (Å²) < 4.78 is 34.0. The van der Waals surface area contributed by atoms with Crippen molar-refractivity contribution in [2.45, 2.75) is 36.6 Å².